The van der Waals surface area contributed by atoms with E-state index < -0.39 is 0 Å². The van der Waals surface area contributed by atoms with Gasteiger partial charge in [-0.2, -0.15) is 4.98 Å². The SMILES string of the molecule is Cc1cc(Br)cc(C)c1Nc1cc(-c2cccnc2)nc(N[C@H](C)CO)n1. The van der Waals surface area contributed by atoms with Crippen molar-refractivity contribution in [3.05, 3.63) is 58.3 Å². The molecule has 0 aliphatic rings. The molecule has 1 aromatic carbocycles. The molecule has 2 heterocycles. The van der Waals surface area contributed by atoms with Gasteiger partial charge in [0.1, 0.15) is 5.82 Å². The predicted octanol–water partition coefficient (Wildman–Crippen LogP) is 4.45. The van der Waals surface area contributed by atoms with E-state index in [1.807, 2.05) is 25.1 Å². The van der Waals surface area contributed by atoms with E-state index in [9.17, 15) is 5.11 Å². The number of aliphatic hydroxyl groups is 1. The van der Waals surface area contributed by atoms with E-state index >= 15 is 0 Å². The summed E-state index contributed by atoms with van der Waals surface area (Å²) < 4.78 is 1.04. The van der Waals surface area contributed by atoms with Crippen LogP contribution < -0.4 is 10.6 Å². The Morgan fingerprint density at radius 2 is 1.89 bits per heavy atom. The fraction of sp³-hybridized carbons (Fsp3) is 0.250. The summed E-state index contributed by atoms with van der Waals surface area (Å²) in [5, 5.41) is 15.9. The van der Waals surface area contributed by atoms with E-state index in [2.05, 4.69) is 67.5 Å². The highest BCUT2D eigenvalue weighted by molar-refractivity contribution is 9.10. The van der Waals surface area contributed by atoms with Crippen LogP contribution in [-0.4, -0.2) is 32.7 Å². The van der Waals surface area contributed by atoms with Crippen LogP contribution in [0.3, 0.4) is 0 Å². The molecule has 0 amide bonds. The Hall–Kier alpha value is -2.51. The van der Waals surface area contributed by atoms with Gasteiger partial charge in [-0.3, -0.25) is 4.98 Å². The van der Waals surface area contributed by atoms with Gasteiger partial charge in [-0.25, -0.2) is 4.98 Å². The van der Waals surface area contributed by atoms with Crippen LogP contribution >= 0.6 is 15.9 Å². The van der Waals surface area contributed by atoms with Gasteiger partial charge in [-0.05, 0) is 56.2 Å². The van der Waals surface area contributed by atoms with Crippen molar-refractivity contribution in [1.29, 1.82) is 0 Å². The summed E-state index contributed by atoms with van der Waals surface area (Å²) in [7, 11) is 0. The monoisotopic (exact) mass is 427 g/mol. The molecule has 2 aromatic heterocycles. The fourth-order valence-corrected chi connectivity index (χ4v) is 3.43. The highest BCUT2D eigenvalue weighted by Crippen LogP contribution is 2.29. The Kier molecular flexibility index (Phi) is 6.03. The van der Waals surface area contributed by atoms with Crippen LogP contribution in [0.15, 0.2) is 47.2 Å². The highest BCUT2D eigenvalue weighted by Gasteiger charge is 2.11. The third-order valence-electron chi connectivity index (χ3n) is 4.08. The van der Waals surface area contributed by atoms with Crippen LogP contribution in [-0.2, 0) is 0 Å². The minimum atomic E-state index is -0.154. The molecule has 7 heteroatoms. The zero-order valence-electron chi connectivity index (χ0n) is 15.5. The van der Waals surface area contributed by atoms with Crippen LogP contribution in [0.4, 0.5) is 17.5 Å². The van der Waals surface area contributed by atoms with Gasteiger partial charge in [0.25, 0.3) is 0 Å². The second-order valence-electron chi connectivity index (χ2n) is 6.47. The van der Waals surface area contributed by atoms with Crippen LogP contribution in [0.5, 0.6) is 0 Å². The number of benzene rings is 1. The first-order valence-electron chi connectivity index (χ1n) is 8.67. The smallest absolute Gasteiger partial charge is 0.225 e. The van der Waals surface area contributed by atoms with E-state index in [1.165, 1.54) is 0 Å². The molecule has 27 heavy (non-hydrogen) atoms. The number of aromatic nitrogens is 3. The third kappa shape index (κ3) is 4.81. The zero-order valence-corrected chi connectivity index (χ0v) is 17.1. The average Bonchev–Trinajstić information content (AvgIpc) is 2.65. The maximum Gasteiger partial charge on any atom is 0.225 e. The van der Waals surface area contributed by atoms with E-state index in [0.717, 1.165) is 32.5 Å². The van der Waals surface area contributed by atoms with Crippen molar-refractivity contribution < 1.29 is 5.11 Å². The van der Waals surface area contributed by atoms with Gasteiger partial charge in [0.15, 0.2) is 0 Å². The maximum absolute atomic E-state index is 9.34. The first-order chi connectivity index (χ1) is 13.0. The summed E-state index contributed by atoms with van der Waals surface area (Å²) in [4.78, 5) is 13.3. The molecular weight excluding hydrogens is 406 g/mol. The minimum absolute atomic E-state index is 0.00578. The average molecular weight is 428 g/mol. The second kappa shape index (κ2) is 8.45. The quantitative estimate of drug-likeness (QED) is 0.538. The molecule has 140 valence electrons. The molecule has 1 atom stereocenters. The van der Waals surface area contributed by atoms with Crippen LogP contribution in [0.25, 0.3) is 11.3 Å². The van der Waals surface area contributed by atoms with Crippen LogP contribution in [0.1, 0.15) is 18.1 Å². The van der Waals surface area contributed by atoms with Crippen molar-refractivity contribution >= 4 is 33.4 Å². The number of nitrogens with one attached hydrogen (secondary N) is 2. The summed E-state index contributed by atoms with van der Waals surface area (Å²) in [5.41, 5.74) is 4.88. The first-order valence-corrected chi connectivity index (χ1v) is 9.46. The van der Waals surface area contributed by atoms with Gasteiger partial charge in [0.05, 0.1) is 12.3 Å². The highest BCUT2D eigenvalue weighted by atomic mass is 79.9. The molecule has 3 N–H and O–H groups in total. The van der Waals surface area contributed by atoms with Crippen molar-refractivity contribution in [2.45, 2.75) is 26.8 Å². The fourth-order valence-electron chi connectivity index (χ4n) is 2.74. The van der Waals surface area contributed by atoms with Gasteiger partial charge in [-0.1, -0.05) is 15.9 Å². The Balaban J connectivity index is 2.02. The molecule has 0 fully saturated rings. The third-order valence-corrected chi connectivity index (χ3v) is 4.54. The minimum Gasteiger partial charge on any atom is -0.394 e. The largest absolute Gasteiger partial charge is 0.394 e. The van der Waals surface area contributed by atoms with Gasteiger partial charge < -0.3 is 15.7 Å². The zero-order chi connectivity index (χ0) is 19.4. The van der Waals surface area contributed by atoms with E-state index in [1.54, 1.807) is 12.4 Å². The van der Waals surface area contributed by atoms with Crippen molar-refractivity contribution in [3.63, 3.8) is 0 Å². The van der Waals surface area contributed by atoms with Crippen molar-refractivity contribution in [3.8, 4) is 11.3 Å². The first kappa shape index (κ1) is 19.3. The number of rotatable bonds is 6. The Morgan fingerprint density at radius 1 is 1.15 bits per heavy atom. The van der Waals surface area contributed by atoms with Gasteiger partial charge in [0, 0.05) is 40.2 Å². The topological polar surface area (TPSA) is 83.0 Å². The molecule has 0 radical (unpaired) electrons. The van der Waals surface area contributed by atoms with Crippen molar-refractivity contribution in [2.75, 3.05) is 17.2 Å². The molecule has 0 saturated carbocycles. The second-order valence-corrected chi connectivity index (χ2v) is 7.39. The Bertz CT molecular complexity index is 910. The number of anilines is 3. The number of aliphatic hydroxyl groups excluding tert-OH is 1. The molecule has 0 spiro atoms. The number of nitrogens with zero attached hydrogens (tertiary/aromatic N) is 3. The van der Waals surface area contributed by atoms with Gasteiger partial charge >= 0.3 is 0 Å². The van der Waals surface area contributed by atoms with Crippen LogP contribution in [0.2, 0.25) is 0 Å². The molecule has 3 rings (SSSR count). The summed E-state index contributed by atoms with van der Waals surface area (Å²) in [6.45, 7) is 5.97. The lowest BCUT2D eigenvalue weighted by molar-refractivity contribution is 0.281. The summed E-state index contributed by atoms with van der Waals surface area (Å²) in [6.07, 6.45) is 3.49. The van der Waals surface area contributed by atoms with E-state index in [0.29, 0.717) is 11.8 Å². The maximum atomic E-state index is 9.34. The lowest BCUT2D eigenvalue weighted by Gasteiger charge is -2.16. The number of halogens is 1. The van der Waals surface area contributed by atoms with Crippen LogP contribution in [0, 0.1) is 13.8 Å². The molecular formula is C20H22BrN5O. The standard InChI is InChI=1S/C20H22BrN5O/c1-12-7-16(21)8-13(2)19(12)25-18-9-17(15-5-4-6-22-10-15)24-20(26-18)23-14(3)11-27/h4-10,14,27H,11H2,1-3H3,(H2,23,24,25,26)/t14-/m1/s1. The van der Waals surface area contributed by atoms with Crippen molar-refractivity contribution in [1.82, 2.24) is 15.0 Å². The summed E-state index contributed by atoms with van der Waals surface area (Å²) in [5.74, 6) is 1.12. The number of aryl methyl sites for hydroxylation is 2. The van der Waals surface area contributed by atoms with E-state index in [-0.39, 0.29) is 12.6 Å². The molecule has 3 aromatic rings. The number of pyridine rings is 1. The normalized spacial score (nSPS) is 11.9. The number of hydrogen-bond acceptors (Lipinski definition) is 6. The Morgan fingerprint density at radius 3 is 2.52 bits per heavy atom. The van der Waals surface area contributed by atoms with Gasteiger partial charge in [-0.15, -0.1) is 0 Å². The summed E-state index contributed by atoms with van der Waals surface area (Å²) in [6, 6.07) is 9.69. The lowest BCUT2D eigenvalue weighted by Crippen LogP contribution is -2.21. The molecule has 6 nitrogen and oxygen atoms in total. The molecule has 0 aliphatic heterocycles. The lowest BCUT2D eigenvalue weighted by atomic mass is 10.1. The van der Waals surface area contributed by atoms with Crippen molar-refractivity contribution in [2.24, 2.45) is 0 Å². The molecule has 0 bridgehead atoms. The van der Waals surface area contributed by atoms with Gasteiger partial charge in [0.2, 0.25) is 5.95 Å². The Labute approximate surface area is 167 Å². The number of hydrogen-bond donors (Lipinski definition) is 3. The summed E-state index contributed by atoms with van der Waals surface area (Å²) >= 11 is 3.53. The molecule has 0 saturated heterocycles. The molecule has 0 aliphatic carbocycles. The van der Waals surface area contributed by atoms with E-state index in [4.69, 9.17) is 0 Å². The predicted molar refractivity (Wildman–Crippen MR) is 112 cm³/mol. The molecule has 0 unspecified atom stereocenters.